The summed E-state index contributed by atoms with van der Waals surface area (Å²) in [5.41, 5.74) is 0. The Kier molecular flexibility index (Phi) is 38.1. The fraction of sp³-hybridized carbons (Fsp3) is 0.971. The van der Waals surface area contributed by atoms with Crippen LogP contribution in [0.1, 0.15) is 206 Å². The number of esters is 1. The maximum atomic E-state index is 11.9. The van der Waals surface area contributed by atoms with Crippen LogP contribution in [0.3, 0.4) is 0 Å². The van der Waals surface area contributed by atoms with E-state index in [-0.39, 0.29) is 23.3 Å². The highest BCUT2D eigenvalue weighted by molar-refractivity contribution is 5.75. The van der Waals surface area contributed by atoms with Crippen LogP contribution in [0, 0.1) is 0 Å². The van der Waals surface area contributed by atoms with E-state index in [1.807, 2.05) is 0 Å². The van der Waals surface area contributed by atoms with Crippen molar-refractivity contribution < 1.29 is 9.53 Å². The third-order valence-corrected chi connectivity index (χ3v) is 7.75. The van der Waals surface area contributed by atoms with Crippen molar-refractivity contribution in [1.29, 1.82) is 0 Å². The number of unbranched alkanes of at least 4 members (excludes halogenated alkanes) is 27. The summed E-state index contributed by atoms with van der Waals surface area (Å²) in [5, 5.41) is 0. The number of rotatable bonds is 31. The van der Waals surface area contributed by atoms with E-state index >= 15 is 0 Å². The highest BCUT2D eigenvalue weighted by Gasteiger charge is 2.02. The molecule has 0 amide bonds. The summed E-state index contributed by atoms with van der Waals surface area (Å²) in [4.78, 5) is 11.9. The zero-order chi connectivity index (χ0) is 26.2. The van der Waals surface area contributed by atoms with Gasteiger partial charge in [0.15, 0.2) is 0 Å². The van der Waals surface area contributed by atoms with Crippen LogP contribution in [0.2, 0.25) is 0 Å². The Labute approximate surface area is 245 Å². The molecule has 0 bridgehead atoms. The zero-order valence-electron chi connectivity index (χ0n) is 25.8. The van der Waals surface area contributed by atoms with E-state index in [9.17, 15) is 4.79 Å². The van der Waals surface area contributed by atoms with Gasteiger partial charge in [-0.2, -0.15) is 0 Å². The first kappa shape index (κ1) is 39.1. The van der Waals surface area contributed by atoms with Gasteiger partial charge in [0.25, 0.3) is 0 Å². The highest BCUT2D eigenvalue weighted by Crippen LogP contribution is 2.15. The molecule has 219 valence electrons. The molecule has 0 rings (SSSR count). The predicted molar refractivity (Wildman–Crippen MR) is 167 cm³/mol. The van der Waals surface area contributed by atoms with Gasteiger partial charge in [-0.3, -0.25) is 4.79 Å². The molecular formula is C34H68AlO2. The Morgan fingerprint density at radius 1 is 0.378 bits per heavy atom. The Morgan fingerprint density at radius 3 is 0.919 bits per heavy atom. The molecule has 0 saturated carbocycles. The van der Waals surface area contributed by atoms with Gasteiger partial charge in [-0.25, -0.2) is 0 Å². The number of carbonyl (C=O) groups is 1. The van der Waals surface area contributed by atoms with Gasteiger partial charge < -0.3 is 4.74 Å². The second-order valence-corrected chi connectivity index (χ2v) is 11.5. The van der Waals surface area contributed by atoms with Gasteiger partial charge in [-0.1, -0.05) is 187 Å². The number of hydrogen-bond acceptors (Lipinski definition) is 2. The molecule has 2 nitrogen and oxygen atoms in total. The normalized spacial score (nSPS) is 11.0. The molecule has 37 heavy (non-hydrogen) atoms. The second kappa shape index (κ2) is 36.0. The van der Waals surface area contributed by atoms with Crippen molar-refractivity contribution in [3.05, 3.63) is 0 Å². The SMILES string of the molecule is CCCCCCCCCCCCCCCCCC(=O)OCCCCCCCCCCCCCCCC.[Al]. The topological polar surface area (TPSA) is 26.3 Å². The summed E-state index contributed by atoms with van der Waals surface area (Å²) in [6.07, 6.45) is 40.1. The van der Waals surface area contributed by atoms with Gasteiger partial charge in [-0.05, 0) is 12.8 Å². The van der Waals surface area contributed by atoms with E-state index in [0.29, 0.717) is 13.0 Å². The third kappa shape index (κ3) is 36.0. The molecule has 3 radical (unpaired) electrons. The minimum Gasteiger partial charge on any atom is -0.466 e. The summed E-state index contributed by atoms with van der Waals surface area (Å²) < 4.78 is 5.43. The first-order valence-corrected chi connectivity index (χ1v) is 17.0. The van der Waals surface area contributed by atoms with Gasteiger partial charge >= 0.3 is 5.97 Å². The van der Waals surface area contributed by atoms with E-state index in [2.05, 4.69) is 13.8 Å². The average molecular weight is 536 g/mol. The van der Waals surface area contributed by atoms with Crippen molar-refractivity contribution in [3.8, 4) is 0 Å². The van der Waals surface area contributed by atoms with Gasteiger partial charge in [0.1, 0.15) is 0 Å². The fourth-order valence-electron chi connectivity index (χ4n) is 5.20. The lowest BCUT2D eigenvalue weighted by Crippen LogP contribution is -2.05. The molecule has 0 aliphatic carbocycles. The third-order valence-electron chi connectivity index (χ3n) is 7.75. The molecule has 0 aliphatic rings. The lowest BCUT2D eigenvalue weighted by molar-refractivity contribution is -0.143. The first-order valence-electron chi connectivity index (χ1n) is 17.0. The van der Waals surface area contributed by atoms with Crippen molar-refractivity contribution in [3.63, 3.8) is 0 Å². The summed E-state index contributed by atoms with van der Waals surface area (Å²) >= 11 is 0. The summed E-state index contributed by atoms with van der Waals surface area (Å²) in [7, 11) is 0. The Hall–Kier alpha value is 0.00247. The molecule has 0 atom stereocenters. The van der Waals surface area contributed by atoms with Crippen LogP contribution in [0.4, 0.5) is 0 Å². The summed E-state index contributed by atoms with van der Waals surface area (Å²) in [5.74, 6) is 0.0272. The van der Waals surface area contributed by atoms with Gasteiger partial charge in [0.05, 0.1) is 6.61 Å². The molecule has 0 spiro atoms. The Balaban J connectivity index is 0. The first-order chi connectivity index (χ1) is 17.8. The standard InChI is InChI=1S/C34H68O2.Al/c1-3-5-7-9-11-13-15-17-19-20-22-24-26-28-30-32-34(35)36-33-31-29-27-25-23-21-18-16-14-12-10-8-6-4-2;/h3-33H2,1-2H3;. The van der Waals surface area contributed by atoms with Crippen molar-refractivity contribution in [1.82, 2.24) is 0 Å². The summed E-state index contributed by atoms with van der Waals surface area (Å²) in [6, 6.07) is 0. The highest BCUT2D eigenvalue weighted by atomic mass is 27.0. The van der Waals surface area contributed by atoms with Crippen molar-refractivity contribution in [2.75, 3.05) is 6.61 Å². The molecule has 0 saturated heterocycles. The van der Waals surface area contributed by atoms with E-state index in [0.717, 1.165) is 12.8 Å². The largest absolute Gasteiger partial charge is 0.466 e. The lowest BCUT2D eigenvalue weighted by Gasteiger charge is -2.06. The minimum atomic E-state index is 0. The average Bonchev–Trinajstić information content (AvgIpc) is 2.88. The lowest BCUT2D eigenvalue weighted by atomic mass is 10.0. The quantitative estimate of drug-likeness (QED) is 0.0501. The van der Waals surface area contributed by atoms with Gasteiger partial charge in [0, 0.05) is 23.8 Å². The maximum Gasteiger partial charge on any atom is 0.305 e. The molecule has 0 N–H and O–H groups in total. The Bertz CT molecular complexity index is 377. The zero-order valence-corrected chi connectivity index (χ0v) is 27.0. The van der Waals surface area contributed by atoms with E-state index in [1.54, 1.807) is 0 Å². The Morgan fingerprint density at radius 2 is 0.622 bits per heavy atom. The summed E-state index contributed by atoms with van der Waals surface area (Å²) in [6.45, 7) is 5.21. The van der Waals surface area contributed by atoms with Crippen LogP contribution in [-0.2, 0) is 9.53 Å². The van der Waals surface area contributed by atoms with Crippen molar-refractivity contribution >= 4 is 23.3 Å². The van der Waals surface area contributed by atoms with Gasteiger partial charge in [0.2, 0.25) is 0 Å². The van der Waals surface area contributed by atoms with E-state index < -0.39 is 0 Å². The van der Waals surface area contributed by atoms with Crippen molar-refractivity contribution in [2.45, 2.75) is 206 Å². The van der Waals surface area contributed by atoms with Crippen LogP contribution >= 0.6 is 0 Å². The molecule has 0 aromatic heterocycles. The minimum absolute atomic E-state index is 0. The number of carbonyl (C=O) groups excluding carboxylic acids is 1. The smallest absolute Gasteiger partial charge is 0.305 e. The molecule has 3 heteroatoms. The van der Waals surface area contributed by atoms with Gasteiger partial charge in [-0.15, -0.1) is 0 Å². The fourth-order valence-corrected chi connectivity index (χ4v) is 5.20. The van der Waals surface area contributed by atoms with E-state index in [1.165, 1.54) is 173 Å². The number of hydrogen-bond donors (Lipinski definition) is 0. The predicted octanol–water partition coefficient (Wildman–Crippen LogP) is 11.9. The van der Waals surface area contributed by atoms with E-state index in [4.69, 9.17) is 4.74 Å². The van der Waals surface area contributed by atoms with Crippen LogP contribution in [0.5, 0.6) is 0 Å². The van der Waals surface area contributed by atoms with Crippen LogP contribution in [0.15, 0.2) is 0 Å². The molecule has 0 aromatic rings. The molecule has 0 fully saturated rings. The molecule has 0 heterocycles. The van der Waals surface area contributed by atoms with Crippen LogP contribution in [0.25, 0.3) is 0 Å². The van der Waals surface area contributed by atoms with Crippen LogP contribution < -0.4 is 0 Å². The maximum absolute atomic E-state index is 11.9. The van der Waals surface area contributed by atoms with Crippen molar-refractivity contribution in [2.24, 2.45) is 0 Å². The number of ether oxygens (including phenoxy) is 1. The molecular weight excluding hydrogens is 467 g/mol. The van der Waals surface area contributed by atoms with Crippen LogP contribution in [-0.4, -0.2) is 29.9 Å². The molecule has 0 aliphatic heterocycles. The molecule has 0 unspecified atom stereocenters. The molecule has 0 aromatic carbocycles. The second-order valence-electron chi connectivity index (χ2n) is 11.5. The monoisotopic (exact) mass is 536 g/mol.